The summed E-state index contributed by atoms with van der Waals surface area (Å²) in [5.41, 5.74) is 5.82. The minimum absolute atomic E-state index is 0.0299. The lowest BCUT2D eigenvalue weighted by Gasteiger charge is -2.24. The van der Waals surface area contributed by atoms with Crippen molar-refractivity contribution in [1.82, 2.24) is 9.55 Å². The van der Waals surface area contributed by atoms with E-state index in [1.165, 1.54) is 9.47 Å². The Morgan fingerprint density at radius 1 is 1.21 bits per heavy atom. The summed E-state index contributed by atoms with van der Waals surface area (Å²) in [5.74, 6) is 0.424. The van der Waals surface area contributed by atoms with E-state index in [9.17, 15) is 14.4 Å². The van der Waals surface area contributed by atoms with E-state index in [1.807, 2.05) is 26.0 Å². The normalized spacial score (nSPS) is 10.7. The molecule has 1 amide bonds. The summed E-state index contributed by atoms with van der Waals surface area (Å²) in [4.78, 5) is 41.6. The second kappa shape index (κ2) is 10.5. The van der Waals surface area contributed by atoms with Crippen LogP contribution in [-0.2, 0) is 17.8 Å². The highest BCUT2D eigenvalue weighted by atomic mass is 16.5. The number of nitrogen functional groups attached to an aromatic ring is 1. The van der Waals surface area contributed by atoms with Crippen LogP contribution in [0.5, 0.6) is 5.75 Å². The molecule has 1 aromatic carbocycles. The first-order valence-electron chi connectivity index (χ1n) is 9.98. The number of nitrogens with one attached hydrogen (secondary N) is 1. The van der Waals surface area contributed by atoms with E-state index in [-0.39, 0.29) is 23.8 Å². The number of benzene rings is 1. The molecule has 0 aliphatic heterocycles. The van der Waals surface area contributed by atoms with Crippen molar-refractivity contribution < 1.29 is 9.53 Å². The van der Waals surface area contributed by atoms with Crippen LogP contribution >= 0.6 is 0 Å². The van der Waals surface area contributed by atoms with Gasteiger partial charge < -0.3 is 15.4 Å². The summed E-state index contributed by atoms with van der Waals surface area (Å²) in [5, 5.41) is 0. The quantitative estimate of drug-likeness (QED) is 0.634. The van der Waals surface area contributed by atoms with Gasteiger partial charge in [-0.25, -0.2) is 4.79 Å². The fourth-order valence-corrected chi connectivity index (χ4v) is 3.11. The first-order chi connectivity index (χ1) is 13.9. The number of rotatable bonds is 10. The molecule has 3 N–H and O–H groups in total. The van der Waals surface area contributed by atoms with Crippen LogP contribution < -0.4 is 26.6 Å². The topological polar surface area (TPSA) is 110 Å². The van der Waals surface area contributed by atoms with Gasteiger partial charge in [-0.1, -0.05) is 38.8 Å². The molecule has 8 heteroatoms. The smallest absolute Gasteiger partial charge is 0.330 e. The average molecular weight is 402 g/mol. The average Bonchev–Trinajstić information content (AvgIpc) is 2.70. The van der Waals surface area contributed by atoms with E-state index in [4.69, 9.17) is 10.5 Å². The van der Waals surface area contributed by atoms with E-state index < -0.39 is 11.2 Å². The summed E-state index contributed by atoms with van der Waals surface area (Å²) in [6.45, 7) is 4.73. The van der Waals surface area contributed by atoms with Crippen molar-refractivity contribution >= 4 is 17.4 Å². The maximum absolute atomic E-state index is 13.1. The molecule has 0 unspecified atom stereocenters. The van der Waals surface area contributed by atoms with Crippen molar-refractivity contribution in [3.05, 3.63) is 50.7 Å². The van der Waals surface area contributed by atoms with Gasteiger partial charge in [0.1, 0.15) is 11.6 Å². The number of nitrogens with two attached hydrogens (primary N) is 1. The number of anilines is 2. The lowest BCUT2D eigenvalue weighted by molar-refractivity contribution is -0.118. The Morgan fingerprint density at radius 2 is 1.93 bits per heavy atom. The van der Waals surface area contributed by atoms with Crippen LogP contribution in [0.4, 0.5) is 11.5 Å². The fourth-order valence-electron chi connectivity index (χ4n) is 3.11. The molecule has 158 valence electrons. The molecule has 0 radical (unpaired) electrons. The molecule has 0 saturated carbocycles. The standard InChI is InChI=1S/C21H30N4O4/c1-4-6-11-24(17(26)14-15-9-8-10-16(13-15)29-3)18-19(22)25(12-7-5-2)21(28)23-20(18)27/h8-10,13H,4-7,11-12,14,22H2,1-3H3,(H,23,27,28). The van der Waals surface area contributed by atoms with Gasteiger partial charge in [0, 0.05) is 13.1 Å². The molecular formula is C21H30N4O4. The largest absolute Gasteiger partial charge is 0.497 e. The van der Waals surface area contributed by atoms with Crippen molar-refractivity contribution in [2.75, 3.05) is 24.3 Å². The van der Waals surface area contributed by atoms with Gasteiger partial charge in [-0.3, -0.25) is 19.1 Å². The highest BCUT2D eigenvalue weighted by molar-refractivity contribution is 5.96. The van der Waals surface area contributed by atoms with Gasteiger partial charge in [-0.15, -0.1) is 0 Å². The Hall–Kier alpha value is -3.03. The number of carbonyl (C=O) groups is 1. The number of unbranched alkanes of at least 4 members (excludes halogenated alkanes) is 2. The van der Waals surface area contributed by atoms with E-state index in [0.717, 1.165) is 24.8 Å². The maximum Gasteiger partial charge on any atom is 0.330 e. The van der Waals surface area contributed by atoms with E-state index in [0.29, 0.717) is 25.3 Å². The molecule has 0 aliphatic carbocycles. The molecule has 0 saturated heterocycles. The summed E-state index contributed by atoms with van der Waals surface area (Å²) in [7, 11) is 1.56. The maximum atomic E-state index is 13.1. The molecule has 8 nitrogen and oxygen atoms in total. The Labute approximate surface area is 170 Å². The molecule has 2 rings (SSSR count). The Morgan fingerprint density at radius 3 is 2.59 bits per heavy atom. The third kappa shape index (κ3) is 5.49. The highest BCUT2D eigenvalue weighted by Crippen LogP contribution is 2.20. The number of hydrogen-bond donors (Lipinski definition) is 2. The Kier molecular flexibility index (Phi) is 8.06. The van der Waals surface area contributed by atoms with Crippen molar-refractivity contribution in [3.8, 4) is 5.75 Å². The monoisotopic (exact) mass is 402 g/mol. The van der Waals surface area contributed by atoms with Gasteiger partial charge in [-0.2, -0.15) is 0 Å². The van der Waals surface area contributed by atoms with Gasteiger partial charge >= 0.3 is 5.69 Å². The lowest BCUT2D eigenvalue weighted by atomic mass is 10.1. The second-order valence-electron chi connectivity index (χ2n) is 6.93. The van der Waals surface area contributed by atoms with Gasteiger partial charge in [-0.05, 0) is 30.5 Å². The molecular weight excluding hydrogens is 372 g/mol. The van der Waals surface area contributed by atoms with E-state index >= 15 is 0 Å². The van der Waals surface area contributed by atoms with Crippen molar-refractivity contribution in [2.45, 2.75) is 52.5 Å². The SMILES string of the molecule is CCCCN(C(=O)Cc1cccc(OC)c1)c1c(N)n(CCCC)c(=O)[nH]c1=O. The minimum atomic E-state index is -0.643. The number of H-pyrrole nitrogens is 1. The molecule has 0 atom stereocenters. The molecule has 29 heavy (non-hydrogen) atoms. The molecule has 1 aromatic heterocycles. The number of hydrogen-bond acceptors (Lipinski definition) is 5. The minimum Gasteiger partial charge on any atom is -0.497 e. The molecule has 2 aromatic rings. The van der Waals surface area contributed by atoms with E-state index in [1.54, 1.807) is 19.2 Å². The van der Waals surface area contributed by atoms with Crippen LogP contribution in [0, 0.1) is 0 Å². The molecule has 0 aliphatic rings. The number of nitrogens with zero attached hydrogens (tertiary/aromatic N) is 2. The summed E-state index contributed by atoms with van der Waals surface area (Å²) in [6, 6.07) is 7.22. The van der Waals surface area contributed by atoms with Gasteiger partial charge in [0.15, 0.2) is 5.69 Å². The third-order valence-electron chi connectivity index (χ3n) is 4.75. The number of carbonyl (C=O) groups excluding carboxylic acids is 1. The van der Waals surface area contributed by atoms with E-state index in [2.05, 4.69) is 4.98 Å². The third-order valence-corrected chi connectivity index (χ3v) is 4.75. The number of ether oxygens (including phenoxy) is 1. The van der Waals surface area contributed by atoms with Crippen molar-refractivity contribution in [2.24, 2.45) is 0 Å². The Balaban J connectivity index is 2.44. The lowest BCUT2D eigenvalue weighted by Crippen LogP contribution is -2.42. The van der Waals surface area contributed by atoms with Crippen LogP contribution in [0.1, 0.15) is 45.1 Å². The molecule has 0 spiro atoms. The summed E-state index contributed by atoms with van der Waals surface area (Å²) >= 11 is 0. The fraction of sp³-hybridized carbons (Fsp3) is 0.476. The second-order valence-corrected chi connectivity index (χ2v) is 6.93. The van der Waals surface area contributed by atoms with Crippen LogP contribution in [0.25, 0.3) is 0 Å². The predicted octanol–water partition coefficient (Wildman–Crippen LogP) is 2.30. The van der Waals surface area contributed by atoms with Crippen LogP contribution in [0.2, 0.25) is 0 Å². The van der Waals surface area contributed by atoms with Gasteiger partial charge in [0.2, 0.25) is 5.91 Å². The first-order valence-corrected chi connectivity index (χ1v) is 9.98. The van der Waals surface area contributed by atoms with Gasteiger partial charge in [0.05, 0.1) is 13.5 Å². The van der Waals surface area contributed by atoms with Crippen LogP contribution in [0.15, 0.2) is 33.9 Å². The predicted molar refractivity (Wildman–Crippen MR) is 115 cm³/mol. The number of aromatic amines is 1. The van der Waals surface area contributed by atoms with Gasteiger partial charge in [0.25, 0.3) is 5.56 Å². The van der Waals surface area contributed by atoms with Crippen LogP contribution in [0.3, 0.4) is 0 Å². The molecule has 0 bridgehead atoms. The van der Waals surface area contributed by atoms with Crippen LogP contribution in [-0.4, -0.2) is 29.1 Å². The zero-order valence-electron chi connectivity index (χ0n) is 17.4. The number of aromatic nitrogens is 2. The van der Waals surface area contributed by atoms with Crippen molar-refractivity contribution in [1.29, 1.82) is 0 Å². The Bertz CT molecular complexity index is 948. The zero-order valence-corrected chi connectivity index (χ0v) is 17.4. The molecule has 0 fully saturated rings. The van der Waals surface area contributed by atoms with Crippen molar-refractivity contribution in [3.63, 3.8) is 0 Å². The summed E-state index contributed by atoms with van der Waals surface area (Å²) in [6.07, 6.45) is 3.25. The highest BCUT2D eigenvalue weighted by Gasteiger charge is 2.24. The number of amides is 1. The number of methoxy groups -OCH3 is 1. The molecule has 1 heterocycles. The first kappa shape index (κ1) is 22.3. The zero-order chi connectivity index (χ0) is 21.4. The summed E-state index contributed by atoms with van der Waals surface area (Å²) < 4.78 is 6.54.